The third-order valence-electron chi connectivity index (χ3n) is 4.62. The van der Waals surface area contributed by atoms with Gasteiger partial charge in [-0.1, -0.05) is 24.3 Å². The number of aromatic nitrogens is 1. The van der Waals surface area contributed by atoms with Crippen molar-refractivity contribution < 1.29 is 0 Å². The smallest absolute Gasteiger partial charge is 0.132 e. The molecule has 1 aliphatic heterocycles. The van der Waals surface area contributed by atoms with E-state index in [2.05, 4.69) is 70.6 Å². The van der Waals surface area contributed by atoms with Crippen LogP contribution >= 0.6 is 0 Å². The maximum Gasteiger partial charge on any atom is 0.132 e. The van der Waals surface area contributed by atoms with Crippen LogP contribution in [-0.4, -0.2) is 43.1 Å². The van der Waals surface area contributed by atoms with Crippen molar-refractivity contribution in [2.45, 2.75) is 25.4 Å². The van der Waals surface area contributed by atoms with Gasteiger partial charge in [-0.3, -0.25) is 4.90 Å². The number of hydrogen-bond acceptors (Lipinski definition) is 4. The van der Waals surface area contributed by atoms with Crippen LogP contribution in [-0.2, 0) is 6.54 Å². The molecule has 0 aliphatic carbocycles. The van der Waals surface area contributed by atoms with E-state index >= 15 is 0 Å². The van der Waals surface area contributed by atoms with Crippen LogP contribution in [0.2, 0.25) is 0 Å². The van der Waals surface area contributed by atoms with Crippen LogP contribution in [0.5, 0.6) is 0 Å². The molecule has 0 radical (unpaired) electrons. The number of likely N-dealkylation sites (N-methyl/N-ethyl adjacent to an activating group) is 1. The van der Waals surface area contributed by atoms with Crippen LogP contribution in [0, 0.1) is 0 Å². The molecule has 1 N–H and O–H groups in total. The first-order chi connectivity index (χ1) is 11.3. The average molecular weight is 310 g/mol. The van der Waals surface area contributed by atoms with Crippen LogP contribution in [0.25, 0.3) is 0 Å². The number of piperidine rings is 1. The predicted octanol–water partition coefficient (Wildman–Crippen LogP) is 3.03. The molecule has 1 atom stereocenters. The Balaban J connectivity index is 1.63. The van der Waals surface area contributed by atoms with Gasteiger partial charge < -0.3 is 10.2 Å². The number of para-hydroxylation sites is 1. The third-order valence-corrected chi connectivity index (χ3v) is 4.62. The van der Waals surface area contributed by atoms with Gasteiger partial charge in [-0.25, -0.2) is 4.98 Å². The summed E-state index contributed by atoms with van der Waals surface area (Å²) in [5.74, 6) is 0.978. The topological polar surface area (TPSA) is 31.4 Å². The van der Waals surface area contributed by atoms with Crippen molar-refractivity contribution in [3.63, 3.8) is 0 Å². The molecule has 0 saturated carbocycles. The highest BCUT2D eigenvalue weighted by Crippen LogP contribution is 2.21. The van der Waals surface area contributed by atoms with Crippen LogP contribution < -0.4 is 10.2 Å². The van der Waals surface area contributed by atoms with Crippen LogP contribution in [0.4, 0.5) is 11.5 Å². The summed E-state index contributed by atoms with van der Waals surface area (Å²) in [6.45, 7) is 3.30. The zero-order valence-electron chi connectivity index (χ0n) is 14.1. The molecular formula is C19H26N4. The van der Waals surface area contributed by atoms with Gasteiger partial charge in [0.25, 0.3) is 0 Å². The highest BCUT2D eigenvalue weighted by molar-refractivity contribution is 5.58. The van der Waals surface area contributed by atoms with Crippen molar-refractivity contribution >= 4 is 11.5 Å². The van der Waals surface area contributed by atoms with Gasteiger partial charge in [-0.2, -0.15) is 0 Å². The highest BCUT2D eigenvalue weighted by Gasteiger charge is 2.18. The zero-order chi connectivity index (χ0) is 16.1. The van der Waals surface area contributed by atoms with Crippen molar-refractivity contribution in [3.8, 4) is 0 Å². The van der Waals surface area contributed by atoms with Gasteiger partial charge in [-0.05, 0) is 50.2 Å². The van der Waals surface area contributed by atoms with Crippen LogP contribution in [0.1, 0.15) is 18.4 Å². The molecule has 0 amide bonds. The third kappa shape index (κ3) is 4.09. The maximum atomic E-state index is 4.64. The zero-order valence-corrected chi connectivity index (χ0v) is 14.1. The molecule has 1 aliphatic rings. The molecule has 122 valence electrons. The number of rotatable bonds is 5. The normalized spacial score (nSPS) is 18.8. The summed E-state index contributed by atoms with van der Waals surface area (Å²) in [4.78, 5) is 9.27. The number of pyridine rings is 1. The number of nitrogens with one attached hydrogen (secondary N) is 1. The minimum Gasteiger partial charge on any atom is -0.329 e. The quantitative estimate of drug-likeness (QED) is 0.920. The Morgan fingerprint density at radius 3 is 2.74 bits per heavy atom. The Hall–Kier alpha value is -1.91. The lowest BCUT2D eigenvalue weighted by molar-refractivity contribution is 0.188. The lowest BCUT2D eigenvalue weighted by atomic mass is 10.1. The summed E-state index contributed by atoms with van der Waals surface area (Å²) in [5.41, 5.74) is 2.44. The molecule has 1 saturated heterocycles. The molecule has 3 rings (SSSR count). The summed E-state index contributed by atoms with van der Waals surface area (Å²) in [6.07, 6.45) is 4.57. The molecular weight excluding hydrogens is 284 g/mol. The van der Waals surface area contributed by atoms with E-state index in [4.69, 9.17) is 0 Å². The first-order valence-corrected chi connectivity index (χ1v) is 8.39. The minimum atomic E-state index is 0.625. The van der Waals surface area contributed by atoms with E-state index < -0.39 is 0 Å². The van der Waals surface area contributed by atoms with E-state index in [1.54, 1.807) is 0 Å². The van der Waals surface area contributed by atoms with E-state index in [9.17, 15) is 0 Å². The molecule has 0 spiro atoms. The van der Waals surface area contributed by atoms with Gasteiger partial charge in [0.2, 0.25) is 0 Å². The second kappa shape index (κ2) is 7.57. The molecule has 23 heavy (non-hydrogen) atoms. The largest absolute Gasteiger partial charge is 0.329 e. The molecule has 2 heterocycles. The van der Waals surface area contributed by atoms with Crippen molar-refractivity contribution in [1.29, 1.82) is 0 Å². The van der Waals surface area contributed by atoms with Gasteiger partial charge in [0, 0.05) is 38.1 Å². The summed E-state index contributed by atoms with van der Waals surface area (Å²) in [6, 6.07) is 15.3. The second-order valence-electron chi connectivity index (χ2n) is 6.28. The predicted molar refractivity (Wildman–Crippen MR) is 96.1 cm³/mol. The van der Waals surface area contributed by atoms with E-state index in [0.717, 1.165) is 24.6 Å². The lowest BCUT2D eigenvalue weighted by Crippen LogP contribution is -2.43. The van der Waals surface area contributed by atoms with Crippen molar-refractivity contribution in [2.75, 3.05) is 32.1 Å². The van der Waals surface area contributed by atoms with Crippen LogP contribution in [0.3, 0.4) is 0 Å². The lowest BCUT2D eigenvalue weighted by Gasteiger charge is -2.32. The Morgan fingerprint density at radius 2 is 2.04 bits per heavy atom. The molecule has 1 fully saturated rings. The maximum absolute atomic E-state index is 4.64. The Bertz CT molecular complexity index is 597. The SMILES string of the molecule is CNC1CCCN(Cc2ccc(N(C)c3ccccc3)nc2)C1. The fourth-order valence-corrected chi connectivity index (χ4v) is 3.19. The molecule has 1 unspecified atom stereocenters. The number of benzene rings is 1. The Labute approximate surface area is 139 Å². The Kier molecular flexibility index (Phi) is 5.26. The Morgan fingerprint density at radius 1 is 1.22 bits per heavy atom. The highest BCUT2D eigenvalue weighted by atomic mass is 15.2. The van der Waals surface area contributed by atoms with E-state index in [1.807, 2.05) is 12.3 Å². The molecule has 1 aromatic heterocycles. The summed E-state index contributed by atoms with van der Waals surface area (Å²) in [5, 5.41) is 3.40. The number of hydrogen-bond donors (Lipinski definition) is 1. The summed E-state index contributed by atoms with van der Waals surface area (Å²) >= 11 is 0. The van der Waals surface area contributed by atoms with Gasteiger partial charge >= 0.3 is 0 Å². The van der Waals surface area contributed by atoms with Crippen LogP contribution in [0.15, 0.2) is 48.7 Å². The average Bonchev–Trinajstić information content (AvgIpc) is 2.63. The van der Waals surface area contributed by atoms with Gasteiger partial charge in [-0.15, -0.1) is 0 Å². The number of likely N-dealkylation sites (tertiary alicyclic amines) is 1. The fraction of sp³-hybridized carbons (Fsp3) is 0.421. The number of nitrogens with zero attached hydrogens (tertiary/aromatic N) is 3. The second-order valence-corrected chi connectivity index (χ2v) is 6.28. The first kappa shape index (κ1) is 16.0. The summed E-state index contributed by atoms with van der Waals surface area (Å²) < 4.78 is 0. The van der Waals surface area contributed by atoms with Gasteiger partial charge in [0.1, 0.15) is 5.82 Å². The van der Waals surface area contributed by atoms with E-state index in [0.29, 0.717) is 6.04 Å². The monoisotopic (exact) mass is 310 g/mol. The molecule has 0 bridgehead atoms. The molecule has 4 heteroatoms. The molecule has 1 aromatic carbocycles. The van der Waals surface area contributed by atoms with Gasteiger partial charge in [0.05, 0.1) is 0 Å². The van der Waals surface area contributed by atoms with Crippen molar-refractivity contribution in [2.24, 2.45) is 0 Å². The van der Waals surface area contributed by atoms with Gasteiger partial charge in [0.15, 0.2) is 0 Å². The standard InChI is InChI=1S/C19H26N4/c1-20-17-7-6-12-23(15-17)14-16-10-11-19(21-13-16)22(2)18-8-4-3-5-9-18/h3-5,8-11,13,17,20H,6-7,12,14-15H2,1-2H3. The first-order valence-electron chi connectivity index (χ1n) is 8.39. The fourth-order valence-electron chi connectivity index (χ4n) is 3.19. The summed E-state index contributed by atoms with van der Waals surface area (Å²) in [7, 11) is 4.11. The van der Waals surface area contributed by atoms with Crippen molar-refractivity contribution in [3.05, 3.63) is 54.2 Å². The van der Waals surface area contributed by atoms with E-state index in [-0.39, 0.29) is 0 Å². The molecule has 4 nitrogen and oxygen atoms in total. The van der Waals surface area contributed by atoms with Crippen molar-refractivity contribution in [1.82, 2.24) is 15.2 Å². The molecule has 2 aromatic rings. The van der Waals surface area contributed by atoms with E-state index in [1.165, 1.54) is 24.9 Å². The number of anilines is 2. The minimum absolute atomic E-state index is 0.625.